The van der Waals surface area contributed by atoms with E-state index < -0.39 is 11.8 Å². The van der Waals surface area contributed by atoms with Crippen LogP contribution in [0.5, 0.6) is 5.75 Å². The van der Waals surface area contributed by atoms with E-state index in [1.807, 2.05) is 0 Å². The van der Waals surface area contributed by atoms with Gasteiger partial charge in [0.2, 0.25) is 0 Å². The second-order valence-corrected chi connectivity index (χ2v) is 5.85. The monoisotopic (exact) mass is 406 g/mol. The topological polar surface area (TPSA) is 78.9 Å². The number of carbonyl (C=O) groups is 2. The Bertz CT molecular complexity index is 545. The third-order valence-corrected chi connectivity index (χ3v) is 4.07. The van der Waals surface area contributed by atoms with Crippen molar-refractivity contribution in [2.75, 3.05) is 31.6 Å². The van der Waals surface area contributed by atoms with Crippen LogP contribution in [0.4, 0.5) is 5.69 Å². The molecule has 2 rings (SSSR count). The van der Waals surface area contributed by atoms with Crippen LogP contribution in [0.1, 0.15) is 0 Å². The van der Waals surface area contributed by atoms with Gasteiger partial charge in [0.25, 0.3) is 0 Å². The van der Waals surface area contributed by atoms with E-state index in [1.54, 1.807) is 6.07 Å². The minimum absolute atomic E-state index is 0.0256. The zero-order chi connectivity index (χ0) is 14.7. The van der Waals surface area contributed by atoms with Gasteiger partial charge in [-0.15, -0.1) is 0 Å². The fourth-order valence-corrected chi connectivity index (χ4v) is 2.81. The van der Waals surface area contributed by atoms with Crippen molar-refractivity contribution in [2.24, 2.45) is 0 Å². The predicted molar refractivity (Wildman–Crippen MR) is 79.5 cm³/mol. The highest BCUT2D eigenvalue weighted by Gasteiger charge is 2.24. The first-order valence-corrected chi connectivity index (χ1v) is 7.43. The molecule has 1 heterocycles. The normalized spacial score (nSPS) is 15.0. The second-order valence-electron chi connectivity index (χ2n) is 4.14. The minimum atomic E-state index is -0.741. The van der Waals surface area contributed by atoms with Crippen LogP contribution in [-0.4, -0.2) is 48.1 Å². The van der Waals surface area contributed by atoms with E-state index in [-0.39, 0.29) is 5.75 Å². The number of morpholine rings is 1. The SMILES string of the molecule is O=C(Nc1cc(O)c(Br)cc1Br)C(=O)N1CCOCC1. The summed E-state index contributed by atoms with van der Waals surface area (Å²) in [4.78, 5) is 25.3. The molecule has 1 aliphatic rings. The molecule has 0 spiro atoms. The van der Waals surface area contributed by atoms with Gasteiger partial charge in [-0.1, -0.05) is 0 Å². The van der Waals surface area contributed by atoms with Gasteiger partial charge in [0.1, 0.15) is 5.75 Å². The Hall–Kier alpha value is -1.12. The maximum absolute atomic E-state index is 11.9. The molecule has 0 aliphatic carbocycles. The van der Waals surface area contributed by atoms with Crippen LogP contribution >= 0.6 is 31.9 Å². The van der Waals surface area contributed by atoms with Crippen LogP contribution in [-0.2, 0) is 14.3 Å². The number of nitrogens with one attached hydrogen (secondary N) is 1. The van der Waals surface area contributed by atoms with Gasteiger partial charge in [-0.05, 0) is 37.9 Å². The van der Waals surface area contributed by atoms with Gasteiger partial charge in [-0.2, -0.15) is 0 Å². The largest absolute Gasteiger partial charge is 0.507 e. The lowest BCUT2D eigenvalue weighted by Gasteiger charge is -2.26. The van der Waals surface area contributed by atoms with Gasteiger partial charge >= 0.3 is 11.8 Å². The zero-order valence-electron chi connectivity index (χ0n) is 10.4. The van der Waals surface area contributed by atoms with Gasteiger partial charge in [0.05, 0.1) is 23.4 Å². The number of halogens is 2. The van der Waals surface area contributed by atoms with Crippen LogP contribution in [0.2, 0.25) is 0 Å². The van der Waals surface area contributed by atoms with Crippen molar-refractivity contribution in [1.29, 1.82) is 0 Å². The minimum Gasteiger partial charge on any atom is -0.507 e. The Morgan fingerprint density at radius 1 is 1.20 bits per heavy atom. The number of phenols is 1. The van der Waals surface area contributed by atoms with Crippen LogP contribution in [0.15, 0.2) is 21.1 Å². The number of ether oxygens (including phenoxy) is 1. The molecule has 0 unspecified atom stereocenters. The highest BCUT2D eigenvalue weighted by molar-refractivity contribution is 9.11. The fourth-order valence-electron chi connectivity index (χ4n) is 1.72. The van der Waals surface area contributed by atoms with Crippen molar-refractivity contribution < 1.29 is 19.4 Å². The Labute approximate surface area is 132 Å². The zero-order valence-corrected chi connectivity index (χ0v) is 13.5. The number of aromatic hydroxyl groups is 1. The Morgan fingerprint density at radius 2 is 1.85 bits per heavy atom. The molecule has 2 amide bonds. The quantitative estimate of drug-likeness (QED) is 0.694. The molecule has 108 valence electrons. The van der Waals surface area contributed by atoms with Crippen LogP contribution in [0.3, 0.4) is 0 Å². The summed E-state index contributed by atoms with van der Waals surface area (Å²) in [5.74, 6) is -1.38. The van der Waals surface area contributed by atoms with Crippen LogP contribution in [0, 0.1) is 0 Å². The van der Waals surface area contributed by atoms with Gasteiger partial charge in [0, 0.05) is 23.6 Å². The smallest absolute Gasteiger partial charge is 0.313 e. The maximum Gasteiger partial charge on any atom is 0.313 e. The summed E-state index contributed by atoms with van der Waals surface area (Å²) in [7, 11) is 0. The van der Waals surface area contributed by atoms with Gasteiger partial charge in [-0.3, -0.25) is 9.59 Å². The fraction of sp³-hybridized carbons (Fsp3) is 0.333. The number of nitrogens with zero attached hydrogens (tertiary/aromatic N) is 1. The number of amides is 2. The average Bonchev–Trinajstić information content (AvgIpc) is 2.44. The summed E-state index contributed by atoms with van der Waals surface area (Å²) in [5.41, 5.74) is 0.331. The molecule has 0 bridgehead atoms. The second kappa shape index (κ2) is 6.55. The van der Waals surface area contributed by atoms with Crippen molar-refractivity contribution >= 4 is 49.4 Å². The molecule has 20 heavy (non-hydrogen) atoms. The van der Waals surface area contributed by atoms with E-state index in [4.69, 9.17) is 4.74 Å². The van der Waals surface area contributed by atoms with Crippen LogP contribution < -0.4 is 5.32 Å². The predicted octanol–water partition coefficient (Wildman–Crippen LogP) is 1.71. The Kier molecular flexibility index (Phi) is 5.00. The van der Waals surface area contributed by atoms with Gasteiger partial charge in [0.15, 0.2) is 0 Å². The Balaban J connectivity index is 2.07. The molecule has 0 aromatic heterocycles. The van der Waals surface area contributed by atoms with Crippen molar-refractivity contribution in [3.63, 3.8) is 0 Å². The summed E-state index contributed by atoms with van der Waals surface area (Å²) in [5, 5.41) is 12.1. The number of phenolic OH excluding ortho intramolecular Hbond substituents is 1. The highest BCUT2D eigenvalue weighted by Crippen LogP contribution is 2.33. The summed E-state index contributed by atoms with van der Waals surface area (Å²) in [6.07, 6.45) is 0. The molecule has 1 aliphatic heterocycles. The standard InChI is InChI=1S/C12H12Br2N2O4/c13-7-5-8(14)10(17)6-9(7)15-11(18)12(19)16-1-3-20-4-2-16/h5-6,17H,1-4H2,(H,15,18). The van der Waals surface area contributed by atoms with Crippen molar-refractivity contribution in [1.82, 2.24) is 4.90 Å². The number of hydrogen-bond donors (Lipinski definition) is 2. The molecule has 1 aromatic carbocycles. The summed E-state index contributed by atoms with van der Waals surface area (Å²) >= 11 is 6.41. The van der Waals surface area contributed by atoms with Crippen molar-refractivity contribution in [2.45, 2.75) is 0 Å². The van der Waals surface area contributed by atoms with Crippen molar-refractivity contribution in [3.05, 3.63) is 21.1 Å². The third-order valence-electron chi connectivity index (χ3n) is 2.78. The lowest BCUT2D eigenvalue weighted by atomic mass is 10.3. The highest BCUT2D eigenvalue weighted by atomic mass is 79.9. The van der Waals surface area contributed by atoms with E-state index in [0.29, 0.717) is 40.9 Å². The molecule has 1 aromatic rings. The first kappa shape index (κ1) is 15.3. The molecule has 8 heteroatoms. The van der Waals surface area contributed by atoms with E-state index in [2.05, 4.69) is 37.2 Å². The molecular formula is C12H12Br2N2O4. The van der Waals surface area contributed by atoms with Gasteiger partial charge in [-0.25, -0.2) is 0 Å². The van der Waals surface area contributed by atoms with E-state index in [1.165, 1.54) is 11.0 Å². The molecular weight excluding hydrogens is 396 g/mol. The Morgan fingerprint density at radius 3 is 2.50 bits per heavy atom. The maximum atomic E-state index is 11.9. The number of rotatable bonds is 1. The summed E-state index contributed by atoms with van der Waals surface area (Å²) < 4.78 is 6.17. The number of carbonyl (C=O) groups excluding carboxylic acids is 2. The van der Waals surface area contributed by atoms with Gasteiger partial charge < -0.3 is 20.1 Å². The molecule has 1 saturated heterocycles. The molecule has 1 fully saturated rings. The van der Waals surface area contributed by atoms with E-state index in [9.17, 15) is 14.7 Å². The van der Waals surface area contributed by atoms with E-state index >= 15 is 0 Å². The van der Waals surface area contributed by atoms with Crippen molar-refractivity contribution in [3.8, 4) is 5.75 Å². The third kappa shape index (κ3) is 3.50. The average molecular weight is 408 g/mol. The van der Waals surface area contributed by atoms with Crippen LogP contribution in [0.25, 0.3) is 0 Å². The summed E-state index contributed by atoms with van der Waals surface area (Å²) in [6, 6.07) is 2.95. The number of hydrogen-bond acceptors (Lipinski definition) is 4. The summed E-state index contributed by atoms with van der Waals surface area (Å²) in [6.45, 7) is 1.67. The molecule has 0 radical (unpaired) electrons. The molecule has 6 nitrogen and oxygen atoms in total. The lowest BCUT2D eigenvalue weighted by molar-refractivity contribution is -0.145. The number of benzene rings is 1. The molecule has 0 saturated carbocycles. The number of anilines is 1. The molecule has 2 N–H and O–H groups in total. The lowest BCUT2D eigenvalue weighted by Crippen LogP contribution is -2.45. The molecule has 0 atom stereocenters. The first-order chi connectivity index (χ1) is 9.49. The van der Waals surface area contributed by atoms with E-state index in [0.717, 1.165) is 0 Å². The first-order valence-electron chi connectivity index (χ1n) is 5.85.